The van der Waals surface area contributed by atoms with E-state index in [0.29, 0.717) is 0 Å². The fraction of sp³-hybridized carbons (Fsp3) is 0.0612. The molecule has 57 heavy (non-hydrogen) atoms. The number of hydrogen-bond donors (Lipinski definition) is 6. The predicted octanol–water partition coefficient (Wildman–Crippen LogP) is 6.58. The summed E-state index contributed by atoms with van der Waals surface area (Å²) in [6, 6.07) is 48.8. The zero-order chi connectivity index (χ0) is 39.2. The van der Waals surface area contributed by atoms with E-state index < -0.39 is 5.97 Å². The first kappa shape index (κ1) is 35.1. The van der Waals surface area contributed by atoms with Crippen LogP contribution in [0.2, 0.25) is 0 Å². The number of fused-ring (bicyclic) bond motifs is 8. The van der Waals surface area contributed by atoms with Gasteiger partial charge in [-0.25, -0.2) is 4.79 Å². The molecular weight excluding hydrogens is 707 g/mol. The molecule has 5 heterocycles. The standard InChI is InChI=1S/C49H39N5O3/c1-28-4-8-31(9-5-28)45-37-20-24-41(51-37)47(33-12-14-35(15-13-33)49(56)57)42-25-21-38(52-42)46(32-10-6-29(2)7-11-32)40-23-27-44(54-40)48(43-26-22-39(45)53-43)34-16-18-36(19-17-34)50-30(3)55/h4-27,51-54H,1-3H3,(H,50,55)(H,56,57). The van der Waals surface area contributed by atoms with Gasteiger partial charge in [0.1, 0.15) is 0 Å². The van der Waals surface area contributed by atoms with Crippen LogP contribution in [0.1, 0.15) is 73.4 Å². The first-order chi connectivity index (χ1) is 27.7. The van der Waals surface area contributed by atoms with Gasteiger partial charge in [-0.2, -0.15) is 0 Å². The van der Waals surface area contributed by atoms with Gasteiger partial charge in [-0.3, -0.25) is 4.79 Å². The molecule has 4 aromatic carbocycles. The minimum atomic E-state index is -0.971. The van der Waals surface area contributed by atoms with Crippen molar-refractivity contribution in [3.8, 4) is 0 Å². The summed E-state index contributed by atoms with van der Waals surface area (Å²) in [6.45, 7) is 5.67. The second-order valence-electron chi connectivity index (χ2n) is 14.5. The van der Waals surface area contributed by atoms with Crippen molar-refractivity contribution in [3.05, 3.63) is 229 Å². The number of H-pyrrole nitrogens is 4. The third-order valence-corrected chi connectivity index (χ3v) is 10.5. The summed E-state index contributed by atoms with van der Waals surface area (Å²) < 4.78 is 0. The third kappa shape index (κ3) is 6.74. The lowest BCUT2D eigenvalue weighted by atomic mass is 10.0. The zero-order valence-electron chi connectivity index (χ0n) is 31.6. The van der Waals surface area contributed by atoms with Crippen LogP contribution in [-0.2, 0) is 4.79 Å². The average molecular weight is 746 g/mol. The molecule has 0 fully saturated rings. The molecule has 9 rings (SSSR count). The van der Waals surface area contributed by atoms with E-state index in [1.807, 2.05) is 36.4 Å². The number of carbonyl (C=O) groups is 2. The van der Waals surface area contributed by atoms with E-state index in [9.17, 15) is 14.7 Å². The van der Waals surface area contributed by atoms with E-state index in [2.05, 4.69) is 136 Å². The monoisotopic (exact) mass is 745 g/mol. The van der Waals surface area contributed by atoms with Crippen LogP contribution in [0.25, 0.3) is 22.3 Å². The fourth-order valence-electron chi connectivity index (χ4n) is 7.71. The normalized spacial score (nSPS) is 12.5. The molecule has 8 nitrogen and oxygen atoms in total. The molecule has 0 spiro atoms. The van der Waals surface area contributed by atoms with Crippen molar-refractivity contribution in [2.24, 2.45) is 0 Å². The molecule has 8 bridgehead atoms. The smallest absolute Gasteiger partial charge is 0.335 e. The second kappa shape index (κ2) is 14.2. The van der Waals surface area contributed by atoms with E-state index in [4.69, 9.17) is 0 Å². The van der Waals surface area contributed by atoms with Crippen LogP contribution in [0, 0.1) is 13.8 Å². The molecule has 0 unspecified atom stereocenters. The van der Waals surface area contributed by atoms with E-state index in [1.165, 1.54) is 6.92 Å². The number of aromatic amines is 4. The highest BCUT2D eigenvalue weighted by Gasteiger charge is 2.19. The van der Waals surface area contributed by atoms with Gasteiger partial charge in [0.05, 0.1) is 5.56 Å². The summed E-state index contributed by atoms with van der Waals surface area (Å²) >= 11 is 0. The Bertz CT molecular complexity index is 3080. The van der Waals surface area contributed by atoms with Crippen molar-refractivity contribution in [2.75, 3.05) is 5.32 Å². The Hall–Kier alpha value is -7.58. The number of carboxylic acids is 1. The van der Waals surface area contributed by atoms with Crippen molar-refractivity contribution in [3.63, 3.8) is 0 Å². The van der Waals surface area contributed by atoms with Gasteiger partial charge >= 0.3 is 5.97 Å². The van der Waals surface area contributed by atoms with Crippen molar-refractivity contribution in [1.82, 2.24) is 19.9 Å². The van der Waals surface area contributed by atoms with Gasteiger partial charge in [0.2, 0.25) is 5.91 Å². The maximum absolute atomic E-state index is 11.9. The predicted molar refractivity (Wildman–Crippen MR) is 225 cm³/mol. The van der Waals surface area contributed by atoms with Gasteiger partial charge < -0.3 is 30.4 Å². The SMILES string of the molecule is CC(=O)Nc1ccc(C2=c3ccc([nH]3)=C(c3ccc(C)cc3)c3ccc([nH]3)C(c3ccc(C(=O)O)cc3)=c3ccc([nH]3)=C(c3ccc(C)cc3)c3ccc2[nH]3)cc1. The molecule has 0 saturated carbocycles. The quantitative estimate of drug-likeness (QED) is 0.115. The number of carboxylic acid groups (broad SMARTS) is 1. The second-order valence-corrected chi connectivity index (χ2v) is 14.5. The van der Waals surface area contributed by atoms with Crippen molar-refractivity contribution in [1.29, 1.82) is 0 Å². The van der Waals surface area contributed by atoms with Gasteiger partial charge in [-0.15, -0.1) is 0 Å². The maximum Gasteiger partial charge on any atom is 0.335 e. The number of aromatic nitrogens is 4. The highest BCUT2D eigenvalue weighted by molar-refractivity contribution is 5.90. The molecule has 6 N–H and O–H groups in total. The molecule has 1 aliphatic heterocycles. The lowest BCUT2D eigenvalue weighted by Gasteiger charge is -2.11. The molecule has 0 aliphatic carbocycles. The molecule has 278 valence electrons. The third-order valence-electron chi connectivity index (χ3n) is 10.5. The summed E-state index contributed by atoms with van der Waals surface area (Å²) in [4.78, 5) is 38.9. The summed E-state index contributed by atoms with van der Waals surface area (Å²) in [5.74, 6) is -1.09. The van der Waals surface area contributed by atoms with Crippen LogP contribution in [0.4, 0.5) is 5.69 Å². The number of carbonyl (C=O) groups excluding carboxylic acids is 1. The van der Waals surface area contributed by atoms with Crippen molar-refractivity contribution < 1.29 is 14.7 Å². The van der Waals surface area contributed by atoms with Gasteiger partial charge in [0, 0.05) is 79.1 Å². The number of nitrogens with one attached hydrogen (secondary N) is 5. The van der Waals surface area contributed by atoms with Crippen molar-refractivity contribution in [2.45, 2.75) is 20.8 Å². The van der Waals surface area contributed by atoms with Crippen LogP contribution in [0.3, 0.4) is 0 Å². The van der Waals surface area contributed by atoms with Gasteiger partial charge in [-0.1, -0.05) is 83.9 Å². The number of benzene rings is 4. The summed E-state index contributed by atoms with van der Waals surface area (Å²) in [7, 11) is 0. The number of anilines is 1. The lowest BCUT2D eigenvalue weighted by molar-refractivity contribution is -0.114. The first-order valence-corrected chi connectivity index (χ1v) is 18.8. The van der Waals surface area contributed by atoms with Crippen LogP contribution < -0.4 is 26.7 Å². The Labute approximate surface area is 328 Å². The Morgan fingerprint density at radius 3 is 1.05 bits per heavy atom. The summed E-state index contributed by atoms with van der Waals surface area (Å²) in [5, 5.41) is 16.2. The molecular formula is C49H39N5O3. The Morgan fingerprint density at radius 2 is 0.737 bits per heavy atom. The minimum Gasteiger partial charge on any atom is -0.478 e. The van der Waals surface area contributed by atoms with E-state index >= 15 is 0 Å². The van der Waals surface area contributed by atoms with Crippen LogP contribution in [0.5, 0.6) is 0 Å². The molecule has 0 radical (unpaired) electrons. The highest BCUT2D eigenvalue weighted by Crippen LogP contribution is 2.29. The van der Waals surface area contributed by atoms with E-state index in [1.54, 1.807) is 12.1 Å². The molecule has 8 aromatic rings. The largest absolute Gasteiger partial charge is 0.478 e. The fourth-order valence-corrected chi connectivity index (χ4v) is 7.71. The molecule has 0 atom stereocenters. The lowest BCUT2D eigenvalue weighted by Crippen LogP contribution is -2.19. The van der Waals surface area contributed by atoms with Gasteiger partial charge in [0.15, 0.2) is 0 Å². The van der Waals surface area contributed by atoms with Gasteiger partial charge in [-0.05, 0) is 109 Å². The Balaban J connectivity index is 1.39. The highest BCUT2D eigenvalue weighted by atomic mass is 16.4. The zero-order valence-corrected chi connectivity index (χ0v) is 31.6. The Morgan fingerprint density at radius 1 is 0.421 bits per heavy atom. The Kier molecular flexibility index (Phi) is 8.78. The average Bonchev–Trinajstić information content (AvgIpc) is 4.05. The van der Waals surface area contributed by atoms with Crippen molar-refractivity contribution >= 4 is 39.9 Å². The first-order valence-electron chi connectivity index (χ1n) is 18.8. The molecule has 8 heteroatoms. The number of hydrogen-bond acceptors (Lipinski definition) is 2. The number of amides is 1. The minimum absolute atomic E-state index is 0.123. The maximum atomic E-state index is 11.9. The van der Waals surface area contributed by atoms with Crippen LogP contribution in [-0.4, -0.2) is 36.9 Å². The van der Waals surface area contributed by atoms with Crippen LogP contribution in [0.15, 0.2) is 146 Å². The number of rotatable bonds is 6. The number of aromatic carboxylic acids is 1. The topological polar surface area (TPSA) is 130 Å². The molecule has 4 aromatic heterocycles. The van der Waals surface area contributed by atoms with Crippen LogP contribution >= 0.6 is 0 Å². The number of aryl methyl sites for hydroxylation is 2. The molecule has 0 saturated heterocycles. The molecule has 1 amide bonds. The molecule has 1 aliphatic rings. The summed E-state index contributed by atoms with van der Waals surface area (Å²) in [6.07, 6.45) is 0. The van der Waals surface area contributed by atoms with E-state index in [0.717, 1.165) is 106 Å². The summed E-state index contributed by atoms with van der Waals surface area (Å²) in [5.41, 5.74) is 14.7. The van der Waals surface area contributed by atoms with Gasteiger partial charge in [0.25, 0.3) is 0 Å². The van der Waals surface area contributed by atoms with E-state index in [-0.39, 0.29) is 11.5 Å².